The summed E-state index contributed by atoms with van der Waals surface area (Å²) in [5.41, 5.74) is 3.28. The molecule has 1 N–H and O–H groups in total. The van der Waals surface area contributed by atoms with Gasteiger partial charge in [-0.15, -0.1) is 11.3 Å². The van der Waals surface area contributed by atoms with Crippen molar-refractivity contribution in [2.75, 3.05) is 11.9 Å². The number of para-hydroxylation sites is 1. The van der Waals surface area contributed by atoms with Crippen LogP contribution in [-0.4, -0.2) is 17.5 Å². The minimum absolute atomic E-state index is 0.0404. The minimum Gasteiger partial charge on any atom is -0.481 e. The van der Waals surface area contributed by atoms with Crippen molar-refractivity contribution < 1.29 is 13.9 Å². The third-order valence-electron chi connectivity index (χ3n) is 4.23. The molecule has 0 saturated carbocycles. The van der Waals surface area contributed by atoms with Gasteiger partial charge in [-0.3, -0.25) is 4.79 Å². The number of halogens is 2. The Balaban J connectivity index is 1.43. The summed E-state index contributed by atoms with van der Waals surface area (Å²) in [4.78, 5) is 16.9. The molecule has 4 nitrogen and oxygen atoms in total. The van der Waals surface area contributed by atoms with Gasteiger partial charge >= 0.3 is 0 Å². The molecule has 3 aromatic carbocycles. The minimum atomic E-state index is -0.507. The highest BCUT2D eigenvalue weighted by atomic mass is 35.5. The van der Waals surface area contributed by atoms with Crippen LogP contribution < -0.4 is 10.1 Å². The van der Waals surface area contributed by atoms with Crippen LogP contribution in [0, 0.1) is 5.82 Å². The number of amides is 1. The fourth-order valence-electron chi connectivity index (χ4n) is 2.79. The second-order valence-corrected chi connectivity index (χ2v) is 7.69. The molecule has 0 fully saturated rings. The number of hydrogen-bond acceptors (Lipinski definition) is 4. The van der Waals surface area contributed by atoms with E-state index >= 15 is 0 Å². The lowest BCUT2D eigenvalue weighted by Gasteiger charge is -2.09. The van der Waals surface area contributed by atoms with Crippen LogP contribution in [0.5, 0.6) is 5.75 Å². The third kappa shape index (κ3) is 4.84. The number of nitrogens with zero attached hydrogens (tertiary/aromatic N) is 1. The van der Waals surface area contributed by atoms with Gasteiger partial charge < -0.3 is 10.1 Å². The Bertz CT molecular complexity index is 1180. The van der Waals surface area contributed by atoms with Gasteiger partial charge in [-0.05, 0) is 36.4 Å². The first-order valence-electron chi connectivity index (χ1n) is 9.07. The molecule has 1 heterocycles. The molecule has 0 radical (unpaired) electrons. The summed E-state index contributed by atoms with van der Waals surface area (Å²) in [5.74, 6) is -0.846. The summed E-state index contributed by atoms with van der Waals surface area (Å²) in [5, 5.41) is 6.29. The Morgan fingerprint density at radius 2 is 1.83 bits per heavy atom. The lowest BCUT2D eigenvalue weighted by atomic mass is 10.1. The van der Waals surface area contributed by atoms with Crippen LogP contribution in [0.15, 0.2) is 78.2 Å². The number of thiazole rings is 1. The number of carbonyl (C=O) groups is 1. The number of rotatable bonds is 6. The molecule has 0 atom stereocenters. The summed E-state index contributed by atoms with van der Waals surface area (Å²) in [7, 11) is 0. The fourth-order valence-corrected chi connectivity index (χ4v) is 3.75. The summed E-state index contributed by atoms with van der Waals surface area (Å²) >= 11 is 7.48. The third-order valence-corrected chi connectivity index (χ3v) is 5.38. The maximum Gasteiger partial charge on any atom is 0.262 e. The molecule has 150 valence electrons. The van der Waals surface area contributed by atoms with E-state index in [-0.39, 0.29) is 18.3 Å². The van der Waals surface area contributed by atoms with E-state index in [0.717, 1.165) is 21.8 Å². The van der Waals surface area contributed by atoms with Crippen molar-refractivity contribution in [1.82, 2.24) is 4.98 Å². The number of aromatic nitrogens is 1. The predicted octanol–water partition coefficient (Wildman–Crippen LogP) is 6.29. The standard InChI is InChI=1S/C23H16ClFN2O2S/c24-17-10-8-15(9-11-17)23-27-20(14-30-23)16-4-3-5-18(12-16)26-22(28)13-29-21-7-2-1-6-19(21)25/h1-12,14H,13H2,(H,26,28). The van der Waals surface area contributed by atoms with Crippen molar-refractivity contribution in [1.29, 1.82) is 0 Å². The van der Waals surface area contributed by atoms with Gasteiger partial charge in [0, 0.05) is 27.2 Å². The second kappa shape index (κ2) is 9.07. The van der Waals surface area contributed by atoms with Gasteiger partial charge in [0.05, 0.1) is 5.69 Å². The van der Waals surface area contributed by atoms with Crippen LogP contribution in [-0.2, 0) is 4.79 Å². The zero-order valence-corrected chi connectivity index (χ0v) is 17.2. The molecular weight excluding hydrogens is 423 g/mol. The van der Waals surface area contributed by atoms with Crippen LogP contribution in [0.2, 0.25) is 5.02 Å². The van der Waals surface area contributed by atoms with Crippen molar-refractivity contribution in [3.05, 3.63) is 89.0 Å². The fraction of sp³-hybridized carbons (Fsp3) is 0.0435. The SMILES string of the molecule is O=C(COc1ccccc1F)Nc1cccc(-c2csc(-c3ccc(Cl)cc3)n2)c1. The van der Waals surface area contributed by atoms with Gasteiger partial charge in [0.25, 0.3) is 5.91 Å². The smallest absolute Gasteiger partial charge is 0.262 e. The van der Waals surface area contributed by atoms with Crippen LogP contribution in [0.25, 0.3) is 21.8 Å². The van der Waals surface area contributed by atoms with E-state index in [1.807, 2.05) is 47.8 Å². The Morgan fingerprint density at radius 3 is 2.63 bits per heavy atom. The molecule has 30 heavy (non-hydrogen) atoms. The molecule has 7 heteroatoms. The maximum atomic E-state index is 13.6. The van der Waals surface area contributed by atoms with E-state index in [4.69, 9.17) is 16.3 Å². The second-order valence-electron chi connectivity index (χ2n) is 6.39. The number of ether oxygens (including phenoxy) is 1. The molecule has 4 aromatic rings. The van der Waals surface area contributed by atoms with Gasteiger partial charge in [0.1, 0.15) is 5.01 Å². The Labute approximate surface area is 181 Å². The van der Waals surface area contributed by atoms with Crippen molar-refractivity contribution >= 4 is 34.5 Å². The van der Waals surface area contributed by atoms with Gasteiger partial charge in [-0.1, -0.05) is 48.0 Å². The van der Waals surface area contributed by atoms with E-state index in [0.29, 0.717) is 10.7 Å². The van der Waals surface area contributed by atoms with E-state index in [2.05, 4.69) is 10.3 Å². The molecular formula is C23H16ClFN2O2S. The zero-order valence-electron chi connectivity index (χ0n) is 15.6. The highest BCUT2D eigenvalue weighted by molar-refractivity contribution is 7.13. The summed E-state index contributed by atoms with van der Waals surface area (Å²) in [6, 6.07) is 20.8. The molecule has 0 unspecified atom stereocenters. The van der Waals surface area contributed by atoms with Crippen LogP contribution >= 0.6 is 22.9 Å². The molecule has 0 aliphatic rings. The van der Waals surface area contributed by atoms with Gasteiger partial charge in [0.15, 0.2) is 18.2 Å². The number of hydrogen-bond donors (Lipinski definition) is 1. The van der Waals surface area contributed by atoms with Crippen LogP contribution in [0.3, 0.4) is 0 Å². The topological polar surface area (TPSA) is 51.2 Å². The number of benzene rings is 3. The maximum absolute atomic E-state index is 13.6. The first-order chi connectivity index (χ1) is 14.6. The van der Waals surface area contributed by atoms with E-state index in [1.54, 1.807) is 18.2 Å². The summed E-state index contributed by atoms with van der Waals surface area (Å²) in [6.07, 6.45) is 0. The monoisotopic (exact) mass is 438 g/mol. The Hall–Kier alpha value is -3.22. The number of carbonyl (C=O) groups excluding carboxylic acids is 1. The van der Waals surface area contributed by atoms with Crippen molar-refractivity contribution in [3.63, 3.8) is 0 Å². The molecule has 0 aliphatic carbocycles. The summed E-state index contributed by atoms with van der Waals surface area (Å²) in [6.45, 7) is -0.289. The summed E-state index contributed by atoms with van der Waals surface area (Å²) < 4.78 is 18.8. The molecule has 1 aromatic heterocycles. The Morgan fingerprint density at radius 1 is 1.03 bits per heavy atom. The first-order valence-corrected chi connectivity index (χ1v) is 10.3. The van der Waals surface area contributed by atoms with E-state index < -0.39 is 5.82 Å². The average molecular weight is 439 g/mol. The van der Waals surface area contributed by atoms with Gasteiger partial charge in [0.2, 0.25) is 0 Å². The van der Waals surface area contributed by atoms with E-state index in [9.17, 15) is 9.18 Å². The predicted molar refractivity (Wildman–Crippen MR) is 119 cm³/mol. The number of anilines is 1. The largest absolute Gasteiger partial charge is 0.481 e. The van der Waals surface area contributed by atoms with Gasteiger partial charge in [-0.25, -0.2) is 9.37 Å². The Kier molecular flexibility index (Phi) is 6.07. The van der Waals surface area contributed by atoms with Gasteiger partial charge in [-0.2, -0.15) is 0 Å². The van der Waals surface area contributed by atoms with Crippen molar-refractivity contribution in [2.24, 2.45) is 0 Å². The van der Waals surface area contributed by atoms with E-state index in [1.165, 1.54) is 23.5 Å². The van der Waals surface area contributed by atoms with Crippen molar-refractivity contribution in [3.8, 4) is 27.6 Å². The molecule has 0 aliphatic heterocycles. The highest BCUT2D eigenvalue weighted by Gasteiger charge is 2.10. The molecule has 4 rings (SSSR count). The highest BCUT2D eigenvalue weighted by Crippen LogP contribution is 2.30. The normalized spacial score (nSPS) is 10.6. The molecule has 0 bridgehead atoms. The lowest BCUT2D eigenvalue weighted by Crippen LogP contribution is -2.20. The molecule has 0 spiro atoms. The first kappa shape index (κ1) is 20.1. The number of nitrogens with one attached hydrogen (secondary N) is 1. The van der Waals surface area contributed by atoms with Crippen LogP contribution in [0.4, 0.5) is 10.1 Å². The quantitative estimate of drug-likeness (QED) is 0.385. The van der Waals surface area contributed by atoms with Crippen LogP contribution in [0.1, 0.15) is 0 Å². The molecule has 1 amide bonds. The van der Waals surface area contributed by atoms with Crippen molar-refractivity contribution in [2.45, 2.75) is 0 Å². The molecule has 0 saturated heterocycles. The average Bonchev–Trinajstić information content (AvgIpc) is 3.24. The zero-order chi connectivity index (χ0) is 20.9. The lowest BCUT2D eigenvalue weighted by molar-refractivity contribution is -0.118.